The van der Waals surface area contributed by atoms with Crippen molar-refractivity contribution >= 4 is 27.5 Å². The highest BCUT2D eigenvalue weighted by Crippen LogP contribution is 2.39. The van der Waals surface area contributed by atoms with Crippen LogP contribution in [0, 0.1) is 0 Å². The third kappa shape index (κ3) is 5.65. The fourth-order valence-electron chi connectivity index (χ4n) is 3.85. The molecule has 0 aromatic heterocycles. The van der Waals surface area contributed by atoms with Crippen LogP contribution in [0.4, 0.5) is 0 Å². The molecular weight excluding hydrogens is 480 g/mol. The monoisotopic (exact) mass is 512 g/mol. The van der Waals surface area contributed by atoms with E-state index in [1.807, 2.05) is 18.2 Å². The first kappa shape index (κ1) is 25.0. The second-order valence-corrected chi connectivity index (χ2v) is 12.6. The average Bonchev–Trinajstić information content (AvgIpc) is 2.65. The fraction of sp³-hybridized carbons (Fsp3) is 0.379. The molecule has 0 bridgehead atoms. The zero-order valence-electron chi connectivity index (χ0n) is 20.4. The summed E-state index contributed by atoms with van der Waals surface area (Å²) in [5.74, 6) is 0. The van der Waals surface area contributed by atoms with E-state index in [2.05, 4.69) is 93.9 Å². The van der Waals surface area contributed by atoms with Gasteiger partial charge in [0.25, 0.3) is 0 Å². The molecule has 0 unspecified atom stereocenters. The van der Waals surface area contributed by atoms with E-state index in [0.717, 1.165) is 26.7 Å². The lowest BCUT2D eigenvalue weighted by Crippen LogP contribution is -2.17. The summed E-state index contributed by atoms with van der Waals surface area (Å²) in [6, 6.07) is 19.1. The number of rotatable bonds is 3. The number of hydrogen-bond donors (Lipinski definition) is 1. The van der Waals surface area contributed by atoms with Crippen molar-refractivity contribution < 1.29 is 5.11 Å². The topological polar surface area (TPSA) is 20.2 Å². The molecule has 0 saturated carbocycles. The minimum absolute atomic E-state index is 0.0507. The van der Waals surface area contributed by atoms with Crippen LogP contribution < -0.4 is 0 Å². The lowest BCUT2D eigenvalue weighted by molar-refractivity contribution is 0.0792. The van der Waals surface area contributed by atoms with Gasteiger partial charge in [-0.2, -0.15) is 0 Å². The second kappa shape index (κ2) is 8.63. The minimum atomic E-state index is -1.01. The van der Waals surface area contributed by atoms with E-state index in [-0.39, 0.29) is 10.8 Å². The summed E-state index contributed by atoms with van der Waals surface area (Å²) in [7, 11) is 0. The Morgan fingerprint density at radius 3 is 1.66 bits per heavy atom. The summed E-state index contributed by atoms with van der Waals surface area (Å²) in [5, 5.41) is 11.4. The van der Waals surface area contributed by atoms with Gasteiger partial charge in [-0.15, -0.1) is 0 Å². The number of hydrogen-bond acceptors (Lipinski definition) is 1. The third-order valence-electron chi connectivity index (χ3n) is 5.85. The molecule has 0 aliphatic rings. The smallest absolute Gasteiger partial charge is 0.0847 e. The van der Waals surface area contributed by atoms with Crippen molar-refractivity contribution in [2.75, 3.05) is 0 Å². The maximum Gasteiger partial charge on any atom is 0.0847 e. The first-order valence-electron chi connectivity index (χ1n) is 11.1. The van der Waals surface area contributed by atoms with Gasteiger partial charge in [0.2, 0.25) is 0 Å². The second-order valence-electron chi connectivity index (χ2n) is 11.3. The van der Waals surface area contributed by atoms with Gasteiger partial charge in [0.1, 0.15) is 0 Å². The summed E-state index contributed by atoms with van der Waals surface area (Å²) in [5.41, 5.74) is 6.92. The third-order valence-corrected chi connectivity index (χ3v) is 6.54. The van der Waals surface area contributed by atoms with E-state index in [4.69, 9.17) is 11.6 Å². The van der Waals surface area contributed by atoms with Gasteiger partial charge >= 0.3 is 0 Å². The van der Waals surface area contributed by atoms with Crippen LogP contribution in [-0.4, -0.2) is 5.11 Å². The lowest BCUT2D eigenvalue weighted by Gasteiger charge is -2.26. The molecule has 0 atom stereocenters. The molecule has 0 aliphatic carbocycles. The molecule has 3 heteroatoms. The minimum Gasteiger partial charge on any atom is -0.386 e. The molecule has 0 amide bonds. The molecule has 0 spiro atoms. The first-order chi connectivity index (χ1) is 14.6. The summed E-state index contributed by atoms with van der Waals surface area (Å²) >= 11 is 9.99. The van der Waals surface area contributed by atoms with E-state index in [1.54, 1.807) is 13.8 Å². The molecule has 0 heterocycles. The van der Waals surface area contributed by atoms with Gasteiger partial charge in [-0.05, 0) is 94.0 Å². The van der Waals surface area contributed by atoms with Crippen molar-refractivity contribution in [3.8, 4) is 22.3 Å². The highest BCUT2D eigenvalue weighted by atomic mass is 79.9. The Morgan fingerprint density at radius 1 is 0.656 bits per heavy atom. The van der Waals surface area contributed by atoms with Crippen LogP contribution in [0.15, 0.2) is 59.1 Å². The molecule has 3 aromatic carbocycles. The van der Waals surface area contributed by atoms with Crippen LogP contribution in [0.25, 0.3) is 22.3 Å². The summed E-state index contributed by atoms with van der Waals surface area (Å²) in [6.45, 7) is 17.1. The zero-order valence-corrected chi connectivity index (χ0v) is 22.7. The van der Waals surface area contributed by atoms with Gasteiger partial charge in [0.05, 0.1) is 5.60 Å². The number of halogens is 2. The SMILES string of the molecule is CC(C)(C)c1cc(-c2cc(Br)cc(-c3ccc(Cl)cc3C(C)(C)O)c2)cc(C(C)(C)C)c1. The maximum absolute atomic E-state index is 10.8. The Bertz CT molecular complexity index is 1110. The molecule has 0 fully saturated rings. The number of benzene rings is 3. The van der Waals surface area contributed by atoms with E-state index in [1.165, 1.54) is 16.7 Å². The zero-order chi connectivity index (χ0) is 24.1. The van der Waals surface area contributed by atoms with Gasteiger partial charge in [-0.1, -0.05) is 93.3 Å². The van der Waals surface area contributed by atoms with E-state index in [9.17, 15) is 5.11 Å². The predicted octanol–water partition coefficient (Wildman–Crippen LogP) is 9.26. The highest BCUT2D eigenvalue weighted by Gasteiger charge is 2.23. The molecule has 1 nitrogen and oxygen atoms in total. The molecule has 1 N–H and O–H groups in total. The Kier molecular flexibility index (Phi) is 6.75. The van der Waals surface area contributed by atoms with E-state index >= 15 is 0 Å². The van der Waals surface area contributed by atoms with Crippen molar-refractivity contribution in [2.45, 2.75) is 71.8 Å². The Balaban J connectivity index is 2.26. The Labute approximate surface area is 207 Å². The van der Waals surface area contributed by atoms with E-state index in [0.29, 0.717) is 5.02 Å². The first-order valence-corrected chi connectivity index (χ1v) is 12.2. The van der Waals surface area contributed by atoms with Crippen molar-refractivity contribution in [2.24, 2.45) is 0 Å². The fourth-order valence-corrected chi connectivity index (χ4v) is 4.51. The van der Waals surface area contributed by atoms with Crippen LogP contribution in [0.2, 0.25) is 5.02 Å². The van der Waals surface area contributed by atoms with Gasteiger partial charge in [0.15, 0.2) is 0 Å². The molecule has 0 saturated heterocycles. The van der Waals surface area contributed by atoms with Crippen molar-refractivity contribution in [3.05, 3.63) is 80.8 Å². The quantitative estimate of drug-likeness (QED) is 0.370. The summed E-state index contributed by atoms with van der Waals surface area (Å²) in [4.78, 5) is 0. The standard InChI is InChI=1S/C29H34BrClO/c1-27(2,3)21-12-19(13-22(16-21)28(4,5)6)18-11-20(15-23(30)14-18)25-10-9-24(31)17-26(25)29(7,8)32/h9-17,32H,1-8H3. The number of aliphatic hydroxyl groups is 1. The van der Waals surface area contributed by atoms with Gasteiger partial charge in [-0.3, -0.25) is 0 Å². The summed E-state index contributed by atoms with van der Waals surface area (Å²) in [6.07, 6.45) is 0. The van der Waals surface area contributed by atoms with Crippen molar-refractivity contribution in [3.63, 3.8) is 0 Å². The molecule has 0 aliphatic heterocycles. The van der Waals surface area contributed by atoms with E-state index < -0.39 is 5.60 Å². The normalized spacial score (nSPS) is 12.8. The van der Waals surface area contributed by atoms with Crippen LogP contribution in [0.5, 0.6) is 0 Å². The van der Waals surface area contributed by atoms with Gasteiger partial charge in [-0.25, -0.2) is 0 Å². The van der Waals surface area contributed by atoms with Crippen molar-refractivity contribution in [1.29, 1.82) is 0 Å². The molecule has 32 heavy (non-hydrogen) atoms. The van der Waals surface area contributed by atoms with Crippen LogP contribution in [0.1, 0.15) is 72.1 Å². The Morgan fingerprint density at radius 2 is 1.16 bits per heavy atom. The molecular formula is C29H34BrClO. The molecule has 3 rings (SSSR count). The lowest BCUT2D eigenvalue weighted by atomic mass is 9.78. The van der Waals surface area contributed by atoms with Gasteiger partial charge < -0.3 is 5.11 Å². The largest absolute Gasteiger partial charge is 0.386 e. The van der Waals surface area contributed by atoms with Crippen LogP contribution in [0.3, 0.4) is 0 Å². The molecule has 0 radical (unpaired) electrons. The predicted molar refractivity (Wildman–Crippen MR) is 143 cm³/mol. The van der Waals surface area contributed by atoms with Crippen molar-refractivity contribution in [1.82, 2.24) is 0 Å². The Hall–Kier alpha value is -1.61. The molecule has 170 valence electrons. The summed E-state index contributed by atoms with van der Waals surface area (Å²) < 4.78 is 1.00. The molecule has 3 aromatic rings. The van der Waals surface area contributed by atoms with Crippen LogP contribution in [-0.2, 0) is 16.4 Å². The average molecular weight is 514 g/mol. The maximum atomic E-state index is 10.8. The van der Waals surface area contributed by atoms with Gasteiger partial charge in [0, 0.05) is 9.50 Å². The highest BCUT2D eigenvalue weighted by molar-refractivity contribution is 9.10. The van der Waals surface area contributed by atoms with Crippen LogP contribution >= 0.6 is 27.5 Å².